The highest BCUT2D eigenvalue weighted by Gasteiger charge is 2.23. The lowest BCUT2D eigenvalue weighted by Crippen LogP contribution is -2.21. The summed E-state index contributed by atoms with van der Waals surface area (Å²) < 4.78 is 0. The number of rotatable bonds is 1. The van der Waals surface area contributed by atoms with Crippen molar-refractivity contribution in [3.05, 3.63) is 0 Å². The molecule has 0 aromatic carbocycles. The fraction of sp³-hybridized carbons (Fsp3) is 0.857. The average molecular weight is 207 g/mol. The van der Waals surface area contributed by atoms with E-state index in [1.165, 1.54) is 0 Å². The molecule has 0 heterocycles. The molecule has 0 aliphatic heterocycles. The van der Waals surface area contributed by atoms with Gasteiger partial charge in [-0.25, -0.2) is 0 Å². The van der Waals surface area contributed by atoms with Crippen LogP contribution in [0.15, 0.2) is 0 Å². The predicted molar refractivity (Wildman–Crippen MR) is 42.3 cm³/mol. The highest BCUT2D eigenvalue weighted by Crippen LogP contribution is 2.28. The van der Waals surface area contributed by atoms with E-state index < -0.39 is 5.97 Å². The molecule has 0 bridgehead atoms. The molecule has 58 valence electrons. The summed E-state index contributed by atoms with van der Waals surface area (Å²) in [6, 6.07) is 0. The molecule has 1 rings (SSSR count). The summed E-state index contributed by atoms with van der Waals surface area (Å²) in [7, 11) is 0. The highest BCUT2D eigenvalue weighted by molar-refractivity contribution is 9.09. The Bertz CT molecular complexity index is 128. The van der Waals surface area contributed by atoms with Gasteiger partial charge in [-0.2, -0.15) is 0 Å². The molecule has 0 amide bonds. The summed E-state index contributed by atoms with van der Waals surface area (Å²) >= 11 is 3.47. The van der Waals surface area contributed by atoms with Crippen LogP contribution in [0, 0.1) is 5.92 Å². The number of alkyl halides is 1. The molecule has 0 spiro atoms. The number of carboxylic acid groups (broad SMARTS) is 1. The van der Waals surface area contributed by atoms with Gasteiger partial charge in [-0.15, -0.1) is 0 Å². The Labute approximate surface area is 68.7 Å². The van der Waals surface area contributed by atoms with Crippen LogP contribution in [-0.4, -0.2) is 15.9 Å². The van der Waals surface area contributed by atoms with Gasteiger partial charge < -0.3 is 5.11 Å². The monoisotopic (exact) mass is 206 g/mol. The van der Waals surface area contributed by atoms with E-state index in [4.69, 9.17) is 5.11 Å². The maximum absolute atomic E-state index is 10.4. The van der Waals surface area contributed by atoms with Crippen LogP contribution in [0.25, 0.3) is 0 Å². The summed E-state index contributed by atoms with van der Waals surface area (Å²) in [5.41, 5.74) is 0. The van der Waals surface area contributed by atoms with E-state index in [1.807, 2.05) is 0 Å². The second kappa shape index (κ2) is 3.37. The van der Waals surface area contributed by atoms with E-state index in [-0.39, 0.29) is 5.92 Å². The molecule has 0 saturated heterocycles. The van der Waals surface area contributed by atoms with Gasteiger partial charge in [0.05, 0.1) is 5.92 Å². The Balaban J connectivity index is 2.33. The van der Waals surface area contributed by atoms with Gasteiger partial charge in [-0.3, -0.25) is 4.79 Å². The second-order valence-electron chi connectivity index (χ2n) is 2.79. The quantitative estimate of drug-likeness (QED) is 0.668. The van der Waals surface area contributed by atoms with Crippen LogP contribution in [0.3, 0.4) is 0 Å². The van der Waals surface area contributed by atoms with Gasteiger partial charge in [0.1, 0.15) is 0 Å². The van der Waals surface area contributed by atoms with Gasteiger partial charge in [0.25, 0.3) is 0 Å². The maximum atomic E-state index is 10.4. The van der Waals surface area contributed by atoms with Crippen molar-refractivity contribution >= 4 is 21.9 Å². The normalized spacial score (nSPS) is 33.7. The SMILES string of the molecule is O=C(O)C1CCC(Br)CC1. The van der Waals surface area contributed by atoms with Crippen molar-refractivity contribution in [3.8, 4) is 0 Å². The third-order valence-electron chi connectivity index (χ3n) is 2.01. The van der Waals surface area contributed by atoms with Gasteiger partial charge in [0, 0.05) is 4.83 Å². The van der Waals surface area contributed by atoms with Crippen LogP contribution >= 0.6 is 15.9 Å². The topological polar surface area (TPSA) is 37.3 Å². The number of carbonyl (C=O) groups is 1. The Morgan fingerprint density at radius 1 is 1.30 bits per heavy atom. The first-order valence-electron chi connectivity index (χ1n) is 3.57. The first kappa shape index (κ1) is 8.05. The molecular formula is C7H11BrO2. The Hall–Kier alpha value is -0.0500. The molecular weight excluding hydrogens is 196 g/mol. The molecule has 1 aliphatic carbocycles. The van der Waals surface area contributed by atoms with Crippen molar-refractivity contribution in [3.63, 3.8) is 0 Å². The third-order valence-corrected chi connectivity index (χ3v) is 2.92. The smallest absolute Gasteiger partial charge is 0.306 e. The van der Waals surface area contributed by atoms with Gasteiger partial charge in [-0.1, -0.05) is 15.9 Å². The summed E-state index contributed by atoms with van der Waals surface area (Å²) in [5, 5.41) is 8.61. The number of hydrogen-bond donors (Lipinski definition) is 1. The van der Waals surface area contributed by atoms with Crippen molar-refractivity contribution < 1.29 is 9.90 Å². The number of carboxylic acids is 1. The summed E-state index contributed by atoms with van der Waals surface area (Å²) in [6.07, 6.45) is 3.70. The molecule has 1 fully saturated rings. The molecule has 2 nitrogen and oxygen atoms in total. The molecule has 0 aromatic heterocycles. The molecule has 1 N–H and O–H groups in total. The standard InChI is InChI=1S/C7H11BrO2/c8-6-3-1-5(2-4-6)7(9)10/h5-6H,1-4H2,(H,9,10). The van der Waals surface area contributed by atoms with Gasteiger partial charge >= 0.3 is 5.97 Å². The summed E-state index contributed by atoms with van der Waals surface area (Å²) in [5.74, 6) is -0.701. The van der Waals surface area contributed by atoms with E-state index in [1.54, 1.807) is 0 Å². The van der Waals surface area contributed by atoms with Crippen LogP contribution in [0.1, 0.15) is 25.7 Å². The van der Waals surface area contributed by atoms with Gasteiger partial charge in [0.2, 0.25) is 0 Å². The lowest BCUT2D eigenvalue weighted by Gasteiger charge is -2.21. The van der Waals surface area contributed by atoms with E-state index in [0.717, 1.165) is 25.7 Å². The number of hydrogen-bond acceptors (Lipinski definition) is 1. The molecule has 0 unspecified atom stereocenters. The lowest BCUT2D eigenvalue weighted by molar-refractivity contribution is -0.142. The zero-order valence-corrected chi connectivity index (χ0v) is 7.30. The van der Waals surface area contributed by atoms with Crippen LogP contribution in [0.4, 0.5) is 0 Å². The van der Waals surface area contributed by atoms with Crippen LogP contribution in [0.2, 0.25) is 0 Å². The molecule has 1 saturated carbocycles. The summed E-state index contributed by atoms with van der Waals surface area (Å²) in [6.45, 7) is 0. The zero-order valence-electron chi connectivity index (χ0n) is 5.72. The van der Waals surface area contributed by atoms with Crippen molar-refractivity contribution in [1.82, 2.24) is 0 Å². The molecule has 0 radical (unpaired) electrons. The minimum atomic E-state index is -0.626. The predicted octanol–water partition coefficient (Wildman–Crippen LogP) is 2.02. The molecule has 3 heteroatoms. The minimum absolute atomic E-state index is 0.0752. The Morgan fingerprint density at radius 2 is 1.80 bits per heavy atom. The van der Waals surface area contributed by atoms with E-state index >= 15 is 0 Å². The minimum Gasteiger partial charge on any atom is -0.481 e. The van der Waals surface area contributed by atoms with Crippen LogP contribution in [0.5, 0.6) is 0 Å². The second-order valence-corrected chi connectivity index (χ2v) is 4.08. The largest absolute Gasteiger partial charge is 0.481 e. The highest BCUT2D eigenvalue weighted by atomic mass is 79.9. The molecule has 0 aromatic rings. The first-order chi connectivity index (χ1) is 4.70. The van der Waals surface area contributed by atoms with Crippen LogP contribution < -0.4 is 0 Å². The number of aliphatic carboxylic acids is 1. The lowest BCUT2D eigenvalue weighted by atomic mass is 9.89. The average Bonchev–Trinajstić information content (AvgIpc) is 1.88. The van der Waals surface area contributed by atoms with E-state index in [2.05, 4.69) is 15.9 Å². The van der Waals surface area contributed by atoms with Crippen LogP contribution in [-0.2, 0) is 4.79 Å². The zero-order chi connectivity index (χ0) is 7.56. The Morgan fingerprint density at radius 3 is 2.20 bits per heavy atom. The molecule has 10 heavy (non-hydrogen) atoms. The van der Waals surface area contributed by atoms with Gasteiger partial charge in [0.15, 0.2) is 0 Å². The first-order valence-corrected chi connectivity index (χ1v) is 4.48. The fourth-order valence-electron chi connectivity index (χ4n) is 1.30. The fourth-order valence-corrected chi connectivity index (χ4v) is 1.83. The van der Waals surface area contributed by atoms with E-state index in [9.17, 15) is 4.79 Å². The van der Waals surface area contributed by atoms with Gasteiger partial charge in [-0.05, 0) is 25.7 Å². The summed E-state index contributed by atoms with van der Waals surface area (Å²) in [4.78, 5) is 11.0. The maximum Gasteiger partial charge on any atom is 0.306 e. The van der Waals surface area contributed by atoms with E-state index in [0.29, 0.717) is 4.83 Å². The Kier molecular flexibility index (Phi) is 2.72. The van der Waals surface area contributed by atoms with Crippen molar-refractivity contribution in [2.45, 2.75) is 30.5 Å². The van der Waals surface area contributed by atoms with Crippen molar-refractivity contribution in [2.75, 3.05) is 0 Å². The molecule has 1 aliphatic rings. The third kappa shape index (κ3) is 1.97. The van der Waals surface area contributed by atoms with Crippen molar-refractivity contribution in [2.24, 2.45) is 5.92 Å². The number of halogens is 1. The molecule has 0 atom stereocenters. The van der Waals surface area contributed by atoms with Crippen molar-refractivity contribution in [1.29, 1.82) is 0 Å².